The van der Waals surface area contributed by atoms with Crippen LogP contribution in [-0.4, -0.2) is 16.6 Å². The molecule has 68 valence electrons. The number of rotatable bonds is 3. The van der Waals surface area contributed by atoms with Crippen molar-refractivity contribution in [3.05, 3.63) is 10.1 Å². The normalized spacial score (nSPS) is 10.5. The third kappa shape index (κ3) is 4.25. The van der Waals surface area contributed by atoms with E-state index < -0.39 is 16.6 Å². The Morgan fingerprint density at radius 3 is 2.33 bits per heavy atom. The second kappa shape index (κ2) is 3.69. The largest absolute Gasteiger partial charge is 0.551 e. The van der Waals surface area contributed by atoms with Gasteiger partial charge in [-0.2, -0.15) is 5.26 Å². The van der Waals surface area contributed by atoms with Crippen molar-refractivity contribution in [3.63, 3.8) is 0 Å². The Hall–Kier alpha value is -1.60. The first-order chi connectivity index (χ1) is 5.37. The molecule has 0 bridgehead atoms. The van der Waals surface area contributed by atoms with E-state index >= 15 is 0 Å². The van der Waals surface area contributed by atoms with Gasteiger partial charge in [-0.15, -0.1) is 18.1 Å². The van der Waals surface area contributed by atoms with Gasteiger partial charge in [0.1, 0.15) is 5.17 Å². The Morgan fingerprint density at radius 2 is 2.08 bits per heavy atom. The van der Waals surface area contributed by atoms with Crippen LogP contribution in [0, 0.1) is 21.6 Å². The molecule has 0 aliphatic rings. The highest BCUT2D eigenvalue weighted by atomic mass is 19.4. The molecular weight excluding hydrogens is 187 g/mol. The summed E-state index contributed by atoms with van der Waals surface area (Å²) in [5.74, 6) is 0. The van der Waals surface area contributed by atoms with Gasteiger partial charge in [0.15, 0.2) is 0 Å². The molecule has 0 fully saturated rings. The average molecular weight is 187 g/mol. The quantitative estimate of drug-likeness (QED) is 0.208. The minimum Gasteiger partial charge on any atom is -0.232 e. The number of hydroxylamine groups is 1. The number of nitriles is 1. The van der Waals surface area contributed by atoms with Crippen molar-refractivity contribution in [3.8, 4) is 6.19 Å². The fourth-order valence-electron chi connectivity index (χ4n) is 0.158. The minimum atomic E-state index is -5.20. The van der Waals surface area contributed by atoms with Crippen molar-refractivity contribution >= 4 is 0 Å². The zero-order valence-corrected chi connectivity index (χ0v) is 5.11. The summed E-state index contributed by atoms with van der Waals surface area (Å²) in [7, 11) is 0. The molecule has 0 rings (SSSR count). The fraction of sp³-hybridized carbons (Fsp3) is 0.500. The molecule has 10 heteroatoms. The van der Waals surface area contributed by atoms with Crippen LogP contribution in [0.25, 0.3) is 0 Å². The number of hydrogen-bond donors (Lipinski definition) is 0. The van der Waals surface area contributed by atoms with Crippen LogP contribution >= 0.6 is 0 Å². The van der Waals surface area contributed by atoms with Crippen molar-refractivity contribution < 1.29 is 28.1 Å². The molecule has 12 heavy (non-hydrogen) atoms. The summed E-state index contributed by atoms with van der Waals surface area (Å²) in [4.78, 5) is 15.1. The molecule has 0 unspecified atom stereocenters. The summed E-state index contributed by atoms with van der Waals surface area (Å²) in [5.41, 5.74) is 0. The molecule has 0 saturated carbocycles. The topological polar surface area (TPSA) is 88.6 Å². The molecule has 0 aromatic rings. The van der Waals surface area contributed by atoms with E-state index in [1.165, 1.54) is 0 Å². The second-order valence-electron chi connectivity index (χ2n) is 1.21. The molecule has 0 N–H and O–H groups in total. The van der Waals surface area contributed by atoms with E-state index in [9.17, 15) is 23.3 Å². The van der Waals surface area contributed by atoms with Crippen molar-refractivity contribution in [1.82, 2.24) is 5.17 Å². The van der Waals surface area contributed by atoms with Gasteiger partial charge in [-0.1, -0.05) is 0 Å². The first-order valence-corrected chi connectivity index (χ1v) is 2.13. The van der Waals surface area contributed by atoms with Crippen molar-refractivity contribution in [2.75, 3.05) is 0 Å². The van der Waals surface area contributed by atoms with Crippen LogP contribution in [0.2, 0.25) is 0 Å². The van der Waals surface area contributed by atoms with E-state index in [0.29, 0.717) is 6.19 Å². The van der Waals surface area contributed by atoms with Crippen LogP contribution in [0.3, 0.4) is 0 Å². The predicted octanol–water partition coefficient (Wildman–Crippen LogP) is 0.344. The van der Waals surface area contributed by atoms with Crippen LogP contribution < -0.4 is 0 Å². The Kier molecular flexibility index (Phi) is 3.20. The van der Waals surface area contributed by atoms with E-state index in [1.807, 2.05) is 0 Å². The number of nitrogens with zero attached hydrogens (tertiary/aromatic N) is 3. The fourth-order valence-corrected chi connectivity index (χ4v) is 0.158. The third-order valence-electron chi connectivity index (χ3n) is 0.436. The molecule has 0 aliphatic heterocycles. The molecule has 0 spiro atoms. The van der Waals surface area contributed by atoms with Gasteiger partial charge in [-0.05, 0) is 4.99 Å². The molecule has 0 aromatic heterocycles. The molecular formula is C2F3N3O4. The molecule has 0 heterocycles. The van der Waals surface area contributed by atoms with E-state index in [2.05, 4.69) is 9.88 Å². The smallest absolute Gasteiger partial charge is 0.232 e. The number of hydrogen-bond acceptors (Lipinski definition) is 5. The van der Waals surface area contributed by atoms with Gasteiger partial charge in [0.25, 0.3) is 6.19 Å². The molecule has 0 aromatic carbocycles. The maximum atomic E-state index is 11.1. The summed E-state index contributed by atoms with van der Waals surface area (Å²) in [6.07, 6.45) is -4.54. The van der Waals surface area contributed by atoms with Gasteiger partial charge in [0.2, 0.25) is 5.03 Å². The standard InChI is InChI=1S/C2F3N3O4/c3-2(4,5)11-12-7(1-6)8(9)10. The number of hydrazine groups is 1. The highest BCUT2D eigenvalue weighted by molar-refractivity contribution is 4.51. The van der Waals surface area contributed by atoms with E-state index in [1.54, 1.807) is 0 Å². The predicted molar refractivity (Wildman–Crippen MR) is 22.7 cm³/mol. The number of alkyl halides is 3. The first kappa shape index (κ1) is 10.4. The summed E-state index contributed by atoms with van der Waals surface area (Å²) in [6, 6.07) is 0. The van der Waals surface area contributed by atoms with Gasteiger partial charge in [-0.25, -0.2) is 10.1 Å². The van der Waals surface area contributed by atoms with Crippen LogP contribution in [0.4, 0.5) is 13.2 Å². The van der Waals surface area contributed by atoms with Gasteiger partial charge in [0, 0.05) is 0 Å². The lowest BCUT2D eigenvalue weighted by Crippen LogP contribution is -2.28. The molecule has 0 radical (unpaired) electrons. The van der Waals surface area contributed by atoms with Gasteiger partial charge in [0.05, 0.1) is 0 Å². The molecule has 0 atom stereocenters. The van der Waals surface area contributed by atoms with Crippen LogP contribution in [0.15, 0.2) is 0 Å². The zero-order valence-electron chi connectivity index (χ0n) is 5.11. The zero-order chi connectivity index (χ0) is 9.78. The minimum absolute atomic E-state index is 0.661. The van der Waals surface area contributed by atoms with Crippen molar-refractivity contribution in [2.45, 2.75) is 6.36 Å². The van der Waals surface area contributed by atoms with E-state index in [-0.39, 0.29) is 0 Å². The maximum Gasteiger partial charge on any atom is 0.551 e. The van der Waals surface area contributed by atoms with Crippen LogP contribution in [0.5, 0.6) is 0 Å². The first-order valence-electron chi connectivity index (χ1n) is 2.13. The number of nitro groups is 1. The van der Waals surface area contributed by atoms with Crippen molar-refractivity contribution in [2.24, 2.45) is 0 Å². The lowest BCUT2D eigenvalue weighted by atomic mass is 11.4. The summed E-state index contributed by atoms with van der Waals surface area (Å²) >= 11 is 0. The molecule has 0 aliphatic carbocycles. The maximum absolute atomic E-state index is 11.1. The summed E-state index contributed by atoms with van der Waals surface area (Å²) in [5, 5.41) is 14.9. The lowest BCUT2D eigenvalue weighted by molar-refractivity contribution is -0.772. The van der Waals surface area contributed by atoms with E-state index in [4.69, 9.17) is 5.26 Å². The van der Waals surface area contributed by atoms with Crippen LogP contribution in [-0.2, 0) is 9.88 Å². The summed E-state index contributed by atoms with van der Waals surface area (Å²) in [6.45, 7) is 0. The second-order valence-corrected chi connectivity index (χ2v) is 1.21. The monoisotopic (exact) mass is 187 g/mol. The van der Waals surface area contributed by atoms with Gasteiger partial charge in [-0.3, -0.25) is 0 Å². The Balaban J connectivity index is 3.92. The van der Waals surface area contributed by atoms with Crippen molar-refractivity contribution in [1.29, 1.82) is 5.26 Å². The molecule has 7 nitrogen and oxygen atoms in total. The molecule has 0 saturated heterocycles. The highest BCUT2D eigenvalue weighted by Gasteiger charge is 2.34. The Labute approximate surface area is 62.5 Å². The Bertz CT molecular complexity index is 209. The van der Waals surface area contributed by atoms with E-state index in [0.717, 1.165) is 0 Å². The summed E-state index contributed by atoms with van der Waals surface area (Å²) < 4.78 is 33.3. The van der Waals surface area contributed by atoms with Gasteiger partial charge < -0.3 is 0 Å². The van der Waals surface area contributed by atoms with Gasteiger partial charge >= 0.3 is 6.36 Å². The average Bonchev–Trinajstić information content (AvgIpc) is 1.85. The highest BCUT2D eigenvalue weighted by Crippen LogP contribution is 2.16. The van der Waals surface area contributed by atoms with Crippen LogP contribution in [0.1, 0.15) is 0 Å². The number of halogens is 3. The third-order valence-corrected chi connectivity index (χ3v) is 0.436. The SMILES string of the molecule is N#CN(OOC(F)(F)F)[N+](=O)[O-]. The molecule has 0 amide bonds. The Morgan fingerprint density at radius 1 is 1.58 bits per heavy atom. The lowest BCUT2D eigenvalue weighted by Gasteiger charge is -2.04.